The number of ether oxygens (including phenoxy) is 2. The number of rotatable bonds is 4. The van der Waals surface area contributed by atoms with Crippen LogP contribution in [0.1, 0.15) is 71.6 Å². The highest BCUT2D eigenvalue weighted by molar-refractivity contribution is 5.91. The minimum atomic E-state index is -0.0212. The van der Waals surface area contributed by atoms with Gasteiger partial charge in [-0.3, -0.25) is 14.5 Å². The molecule has 0 amide bonds. The zero-order valence-electron chi connectivity index (χ0n) is 19.4. The Morgan fingerprint density at radius 2 is 1.90 bits per heavy atom. The van der Waals surface area contributed by atoms with Crippen LogP contribution in [0.5, 0.6) is 0 Å². The number of ketones is 1. The number of allylic oxidation sites excluding steroid dienone is 1. The molecule has 5 aliphatic rings. The second-order valence-corrected chi connectivity index (χ2v) is 11.3. The van der Waals surface area contributed by atoms with Crippen LogP contribution in [0.4, 0.5) is 0 Å². The van der Waals surface area contributed by atoms with E-state index in [2.05, 4.69) is 18.7 Å². The Labute approximate surface area is 186 Å². The topological polar surface area (TPSA) is 55.8 Å². The van der Waals surface area contributed by atoms with Crippen LogP contribution < -0.4 is 0 Å². The highest BCUT2D eigenvalue weighted by Crippen LogP contribution is 2.65. The molecule has 5 heteroatoms. The van der Waals surface area contributed by atoms with Crippen molar-refractivity contribution >= 4 is 11.8 Å². The lowest BCUT2D eigenvalue weighted by molar-refractivity contribution is -0.160. The second-order valence-electron chi connectivity index (χ2n) is 11.3. The van der Waals surface area contributed by atoms with E-state index in [1.807, 2.05) is 6.08 Å². The van der Waals surface area contributed by atoms with Crippen molar-refractivity contribution in [1.29, 1.82) is 0 Å². The summed E-state index contributed by atoms with van der Waals surface area (Å²) in [5, 5.41) is 0. The standard InChI is InChI=1S/C26H39NO4/c1-25-10-7-19(28)17-18(25)3-4-20-21-5-6-23(26(21,2)11-8-22(20)25)31-24(29)9-12-27-13-15-30-16-14-27/h17,20-23H,3-16H2,1-2H3/t20-,21+,22-,23-,25+,26+/m1/s1. The molecule has 3 saturated carbocycles. The Kier molecular flexibility index (Phi) is 5.79. The van der Waals surface area contributed by atoms with E-state index >= 15 is 0 Å². The molecule has 1 heterocycles. The van der Waals surface area contributed by atoms with E-state index in [0.29, 0.717) is 36.4 Å². The van der Waals surface area contributed by atoms with Gasteiger partial charge in [-0.2, -0.15) is 0 Å². The molecule has 0 N–H and O–H groups in total. The van der Waals surface area contributed by atoms with Crippen LogP contribution in [-0.4, -0.2) is 55.6 Å². The summed E-state index contributed by atoms with van der Waals surface area (Å²) < 4.78 is 11.5. The molecule has 4 aliphatic carbocycles. The van der Waals surface area contributed by atoms with E-state index < -0.39 is 0 Å². The second kappa shape index (κ2) is 8.30. The third-order valence-corrected chi connectivity index (χ3v) is 9.88. The Bertz CT molecular complexity index is 757. The van der Waals surface area contributed by atoms with Crippen molar-refractivity contribution in [2.75, 3.05) is 32.8 Å². The van der Waals surface area contributed by atoms with Gasteiger partial charge in [0.05, 0.1) is 19.6 Å². The molecular weight excluding hydrogens is 390 g/mol. The summed E-state index contributed by atoms with van der Waals surface area (Å²) in [6, 6.07) is 0. The molecule has 0 spiro atoms. The van der Waals surface area contributed by atoms with Crippen molar-refractivity contribution in [2.24, 2.45) is 28.6 Å². The summed E-state index contributed by atoms with van der Waals surface area (Å²) in [7, 11) is 0. The molecule has 0 radical (unpaired) electrons. The Hall–Kier alpha value is -1.20. The first-order valence-electron chi connectivity index (χ1n) is 12.6. The smallest absolute Gasteiger partial charge is 0.307 e. The van der Waals surface area contributed by atoms with Gasteiger partial charge in [-0.1, -0.05) is 19.4 Å². The largest absolute Gasteiger partial charge is 0.462 e. The van der Waals surface area contributed by atoms with Gasteiger partial charge in [-0.05, 0) is 74.2 Å². The predicted molar refractivity (Wildman–Crippen MR) is 118 cm³/mol. The van der Waals surface area contributed by atoms with Crippen LogP contribution >= 0.6 is 0 Å². The zero-order valence-corrected chi connectivity index (χ0v) is 19.4. The van der Waals surface area contributed by atoms with Crippen LogP contribution in [0, 0.1) is 28.6 Å². The van der Waals surface area contributed by atoms with Gasteiger partial charge in [0.25, 0.3) is 0 Å². The third-order valence-electron chi connectivity index (χ3n) is 9.88. The fraction of sp³-hybridized carbons (Fsp3) is 0.846. The fourth-order valence-electron chi connectivity index (χ4n) is 8.00. The van der Waals surface area contributed by atoms with Gasteiger partial charge in [0.2, 0.25) is 0 Å². The number of hydrogen-bond acceptors (Lipinski definition) is 5. The zero-order chi connectivity index (χ0) is 21.6. The van der Waals surface area contributed by atoms with Crippen LogP contribution in [0.25, 0.3) is 0 Å². The van der Waals surface area contributed by atoms with Gasteiger partial charge in [-0.15, -0.1) is 0 Å². The minimum absolute atomic E-state index is 0.0212. The maximum Gasteiger partial charge on any atom is 0.307 e. The number of carbonyl (C=O) groups is 2. The van der Waals surface area contributed by atoms with Crippen molar-refractivity contribution in [1.82, 2.24) is 4.90 Å². The van der Waals surface area contributed by atoms with Gasteiger partial charge >= 0.3 is 5.97 Å². The first-order valence-corrected chi connectivity index (χ1v) is 12.6. The average Bonchev–Trinajstić information content (AvgIpc) is 3.10. The van der Waals surface area contributed by atoms with Gasteiger partial charge in [-0.25, -0.2) is 0 Å². The van der Waals surface area contributed by atoms with Gasteiger partial charge in [0.15, 0.2) is 5.78 Å². The van der Waals surface area contributed by atoms with Gasteiger partial charge in [0.1, 0.15) is 6.10 Å². The first-order chi connectivity index (χ1) is 14.9. The van der Waals surface area contributed by atoms with Gasteiger partial charge in [0, 0.05) is 31.5 Å². The van der Waals surface area contributed by atoms with E-state index in [-0.39, 0.29) is 22.9 Å². The molecule has 31 heavy (non-hydrogen) atoms. The number of carbonyl (C=O) groups excluding carboxylic acids is 2. The number of morpholine rings is 1. The molecule has 0 bridgehead atoms. The quantitative estimate of drug-likeness (QED) is 0.629. The summed E-state index contributed by atoms with van der Waals surface area (Å²) in [6.07, 6.45) is 11.2. The average molecular weight is 430 g/mol. The molecule has 0 aromatic carbocycles. The highest BCUT2D eigenvalue weighted by atomic mass is 16.5. The molecule has 0 aromatic rings. The van der Waals surface area contributed by atoms with Crippen LogP contribution in [0.3, 0.4) is 0 Å². The number of fused-ring (bicyclic) bond motifs is 5. The summed E-state index contributed by atoms with van der Waals surface area (Å²) in [4.78, 5) is 27.0. The minimum Gasteiger partial charge on any atom is -0.462 e. The molecule has 0 unspecified atom stereocenters. The van der Waals surface area contributed by atoms with E-state index in [1.54, 1.807) is 0 Å². The van der Waals surface area contributed by atoms with Gasteiger partial charge < -0.3 is 9.47 Å². The van der Waals surface area contributed by atoms with E-state index in [4.69, 9.17) is 9.47 Å². The normalized spacial score (nSPS) is 42.9. The summed E-state index contributed by atoms with van der Waals surface area (Å²) >= 11 is 0. The van der Waals surface area contributed by atoms with Crippen LogP contribution in [-0.2, 0) is 19.1 Å². The van der Waals surface area contributed by atoms with E-state index in [9.17, 15) is 9.59 Å². The molecule has 6 atom stereocenters. The maximum atomic E-state index is 12.7. The molecule has 172 valence electrons. The monoisotopic (exact) mass is 429 g/mol. The van der Waals surface area contributed by atoms with Crippen LogP contribution in [0.15, 0.2) is 11.6 Å². The Morgan fingerprint density at radius 3 is 2.71 bits per heavy atom. The van der Waals surface area contributed by atoms with Crippen molar-refractivity contribution in [2.45, 2.75) is 77.7 Å². The Morgan fingerprint density at radius 1 is 1.10 bits per heavy atom. The molecule has 5 nitrogen and oxygen atoms in total. The molecular formula is C26H39NO4. The number of hydrogen-bond donors (Lipinski definition) is 0. The van der Waals surface area contributed by atoms with E-state index in [1.165, 1.54) is 24.8 Å². The third kappa shape index (κ3) is 3.80. The fourth-order valence-corrected chi connectivity index (χ4v) is 8.00. The highest BCUT2D eigenvalue weighted by Gasteiger charge is 2.59. The SMILES string of the molecule is C[C@]12CC[C@@H]3[C@H](CCC4=CC(=O)CC[C@@]43C)[C@@H]1CC[C@H]2OC(=O)CCN1CCOCC1. The molecule has 0 aromatic heterocycles. The molecule has 1 aliphatic heterocycles. The number of nitrogens with zero attached hydrogens (tertiary/aromatic N) is 1. The maximum absolute atomic E-state index is 12.7. The van der Waals surface area contributed by atoms with Crippen molar-refractivity contribution in [3.05, 3.63) is 11.6 Å². The molecule has 4 fully saturated rings. The van der Waals surface area contributed by atoms with Crippen molar-refractivity contribution < 1.29 is 19.1 Å². The predicted octanol–water partition coefficient (Wildman–Crippen LogP) is 4.15. The number of esters is 1. The Balaban J connectivity index is 1.23. The molecule has 5 rings (SSSR count). The lowest BCUT2D eigenvalue weighted by Crippen LogP contribution is -2.51. The van der Waals surface area contributed by atoms with Crippen LogP contribution in [0.2, 0.25) is 0 Å². The lowest BCUT2D eigenvalue weighted by Gasteiger charge is -2.57. The van der Waals surface area contributed by atoms with E-state index in [0.717, 1.165) is 58.5 Å². The van der Waals surface area contributed by atoms with Crippen molar-refractivity contribution in [3.8, 4) is 0 Å². The molecule has 1 saturated heterocycles. The summed E-state index contributed by atoms with van der Waals surface area (Å²) in [5.41, 5.74) is 1.76. The summed E-state index contributed by atoms with van der Waals surface area (Å²) in [6.45, 7) is 8.99. The first kappa shape index (κ1) is 21.6. The van der Waals surface area contributed by atoms with Crippen molar-refractivity contribution in [3.63, 3.8) is 0 Å². The summed E-state index contributed by atoms with van der Waals surface area (Å²) in [5.74, 6) is 2.36. The lowest BCUT2D eigenvalue weighted by atomic mass is 9.47.